The third-order valence-corrected chi connectivity index (χ3v) is 2.25. The number of benzene rings is 1. The molecular formula is C11H14ClNO3. The zero-order valence-corrected chi connectivity index (χ0v) is 9.79. The Bertz CT molecular complexity index is 344. The Hall–Kier alpha value is -1.10. The van der Waals surface area contributed by atoms with Gasteiger partial charge < -0.3 is 4.74 Å². The fourth-order valence-corrected chi connectivity index (χ4v) is 1.31. The van der Waals surface area contributed by atoms with Gasteiger partial charge in [-0.05, 0) is 11.6 Å². The second kappa shape index (κ2) is 7.22. The number of hydrogen-bond acceptors (Lipinski definition) is 3. The van der Waals surface area contributed by atoms with Gasteiger partial charge >= 0.3 is 0 Å². The predicted molar refractivity (Wildman–Crippen MR) is 61.1 cm³/mol. The van der Waals surface area contributed by atoms with Gasteiger partial charge in [0.25, 0.3) is 0 Å². The van der Waals surface area contributed by atoms with E-state index in [1.54, 1.807) is 19.2 Å². The molecule has 1 rings (SSSR count). The highest BCUT2D eigenvalue weighted by Crippen LogP contribution is 2.14. The van der Waals surface area contributed by atoms with Crippen LogP contribution in [0.3, 0.4) is 0 Å². The van der Waals surface area contributed by atoms with Crippen LogP contribution in [0, 0.1) is 0 Å². The minimum absolute atomic E-state index is 0.201. The van der Waals surface area contributed by atoms with Crippen molar-refractivity contribution in [1.82, 2.24) is 5.48 Å². The molecule has 0 bridgehead atoms. The highest BCUT2D eigenvalue weighted by molar-refractivity contribution is 6.31. The molecule has 0 aliphatic heterocycles. The number of hydrogen-bond donors (Lipinski definition) is 1. The molecule has 0 saturated carbocycles. The van der Waals surface area contributed by atoms with E-state index in [4.69, 9.17) is 21.2 Å². The number of rotatable bonds is 6. The van der Waals surface area contributed by atoms with Crippen LogP contribution in [0.15, 0.2) is 24.3 Å². The number of amides is 1. The Morgan fingerprint density at radius 3 is 2.81 bits per heavy atom. The predicted octanol–water partition coefficient (Wildman–Crippen LogP) is 1.58. The van der Waals surface area contributed by atoms with E-state index in [-0.39, 0.29) is 12.3 Å². The van der Waals surface area contributed by atoms with Crippen molar-refractivity contribution in [3.8, 4) is 0 Å². The maximum absolute atomic E-state index is 11.4. The smallest absolute Gasteiger partial charge is 0.248 e. The van der Waals surface area contributed by atoms with Crippen LogP contribution in [0.1, 0.15) is 5.56 Å². The van der Waals surface area contributed by atoms with Gasteiger partial charge in [-0.3, -0.25) is 9.63 Å². The quantitative estimate of drug-likeness (QED) is 0.610. The van der Waals surface area contributed by atoms with Crippen LogP contribution in [0.5, 0.6) is 0 Å². The molecule has 0 heterocycles. The number of carbonyl (C=O) groups excluding carboxylic acids is 1. The summed E-state index contributed by atoms with van der Waals surface area (Å²) < 4.78 is 4.76. The molecule has 0 fully saturated rings. The van der Waals surface area contributed by atoms with E-state index in [9.17, 15) is 4.79 Å². The van der Waals surface area contributed by atoms with Crippen molar-refractivity contribution < 1.29 is 14.4 Å². The molecule has 0 aromatic heterocycles. The fourth-order valence-electron chi connectivity index (χ4n) is 1.11. The lowest BCUT2D eigenvalue weighted by Gasteiger charge is -2.06. The summed E-state index contributed by atoms with van der Waals surface area (Å²) in [4.78, 5) is 16.3. The topological polar surface area (TPSA) is 47.6 Å². The summed E-state index contributed by atoms with van der Waals surface area (Å²) in [6, 6.07) is 7.20. The summed E-state index contributed by atoms with van der Waals surface area (Å²) in [7, 11) is 1.56. The number of halogens is 1. The van der Waals surface area contributed by atoms with E-state index >= 15 is 0 Å². The SMILES string of the molecule is COCCONC(=O)Cc1ccccc1Cl. The normalized spacial score (nSPS) is 10.1. The Morgan fingerprint density at radius 1 is 1.38 bits per heavy atom. The van der Waals surface area contributed by atoms with Gasteiger partial charge in [0.2, 0.25) is 5.91 Å². The summed E-state index contributed by atoms with van der Waals surface area (Å²) in [5, 5.41) is 0.578. The lowest BCUT2D eigenvalue weighted by atomic mass is 10.1. The second-order valence-corrected chi connectivity index (χ2v) is 3.54. The molecule has 0 aliphatic carbocycles. The maximum Gasteiger partial charge on any atom is 0.248 e. The van der Waals surface area contributed by atoms with Gasteiger partial charge in [-0.25, -0.2) is 5.48 Å². The summed E-state index contributed by atoms with van der Waals surface area (Å²) in [6.07, 6.45) is 0.201. The fraction of sp³-hybridized carbons (Fsp3) is 0.364. The molecule has 0 spiro atoms. The highest BCUT2D eigenvalue weighted by Gasteiger charge is 2.05. The molecule has 0 saturated heterocycles. The zero-order chi connectivity index (χ0) is 11.8. The third-order valence-electron chi connectivity index (χ3n) is 1.88. The molecule has 1 N–H and O–H groups in total. The van der Waals surface area contributed by atoms with Gasteiger partial charge in [0.1, 0.15) is 0 Å². The van der Waals surface area contributed by atoms with Crippen LogP contribution in [-0.4, -0.2) is 26.2 Å². The average molecular weight is 244 g/mol. The average Bonchev–Trinajstić information content (AvgIpc) is 2.28. The number of carbonyl (C=O) groups is 1. The highest BCUT2D eigenvalue weighted by atomic mass is 35.5. The lowest BCUT2D eigenvalue weighted by molar-refractivity contribution is -0.133. The second-order valence-electron chi connectivity index (χ2n) is 3.13. The first-order valence-electron chi connectivity index (χ1n) is 4.87. The molecule has 5 heteroatoms. The van der Waals surface area contributed by atoms with Crippen molar-refractivity contribution >= 4 is 17.5 Å². The first kappa shape index (κ1) is 13.0. The van der Waals surface area contributed by atoms with Gasteiger partial charge in [-0.2, -0.15) is 0 Å². The van der Waals surface area contributed by atoms with Crippen LogP contribution in [0.4, 0.5) is 0 Å². The van der Waals surface area contributed by atoms with E-state index in [2.05, 4.69) is 5.48 Å². The molecular weight excluding hydrogens is 230 g/mol. The minimum atomic E-state index is -0.232. The van der Waals surface area contributed by atoms with Crippen LogP contribution in [-0.2, 0) is 20.8 Å². The molecule has 16 heavy (non-hydrogen) atoms. The van der Waals surface area contributed by atoms with Crippen molar-refractivity contribution in [2.45, 2.75) is 6.42 Å². The van der Waals surface area contributed by atoms with Crippen LogP contribution >= 0.6 is 11.6 Å². The van der Waals surface area contributed by atoms with Crippen molar-refractivity contribution in [2.24, 2.45) is 0 Å². The number of nitrogens with one attached hydrogen (secondary N) is 1. The zero-order valence-electron chi connectivity index (χ0n) is 9.03. The van der Waals surface area contributed by atoms with Gasteiger partial charge in [-0.1, -0.05) is 29.8 Å². The van der Waals surface area contributed by atoms with Crippen molar-refractivity contribution in [3.05, 3.63) is 34.9 Å². The molecule has 0 unspecified atom stereocenters. The first-order valence-corrected chi connectivity index (χ1v) is 5.25. The summed E-state index contributed by atoms with van der Waals surface area (Å²) in [5.74, 6) is -0.232. The maximum atomic E-state index is 11.4. The summed E-state index contributed by atoms with van der Waals surface area (Å²) in [5.41, 5.74) is 3.09. The number of hydroxylamine groups is 1. The van der Waals surface area contributed by atoms with Crippen molar-refractivity contribution in [2.75, 3.05) is 20.3 Å². The van der Waals surface area contributed by atoms with Crippen LogP contribution < -0.4 is 5.48 Å². The van der Waals surface area contributed by atoms with Gasteiger partial charge in [0, 0.05) is 12.1 Å². The Balaban J connectivity index is 2.32. The first-order chi connectivity index (χ1) is 7.74. The van der Waals surface area contributed by atoms with Gasteiger partial charge in [0.15, 0.2) is 0 Å². The molecule has 88 valence electrons. The molecule has 1 aromatic carbocycles. The molecule has 0 atom stereocenters. The minimum Gasteiger partial charge on any atom is -0.382 e. The third kappa shape index (κ3) is 4.61. The standard InChI is InChI=1S/C11H14ClNO3/c1-15-6-7-16-13-11(14)8-9-4-2-3-5-10(9)12/h2-5H,6-8H2,1H3,(H,13,14). The molecule has 0 radical (unpaired) electrons. The van der Waals surface area contributed by atoms with Crippen molar-refractivity contribution in [1.29, 1.82) is 0 Å². The van der Waals surface area contributed by atoms with E-state index in [1.165, 1.54) is 0 Å². The molecule has 4 nitrogen and oxygen atoms in total. The summed E-state index contributed by atoms with van der Waals surface area (Å²) in [6.45, 7) is 0.761. The summed E-state index contributed by atoms with van der Waals surface area (Å²) >= 11 is 5.91. The molecule has 1 amide bonds. The lowest BCUT2D eigenvalue weighted by Crippen LogP contribution is -2.26. The number of methoxy groups -OCH3 is 1. The van der Waals surface area contributed by atoms with E-state index in [0.29, 0.717) is 18.2 Å². The molecule has 1 aromatic rings. The van der Waals surface area contributed by atoms with E-state index < -0.39 is 0 Å². The largest absolute Gasteiger partial charge is 0.382 e. The van der Waals surface area contributed by atoms with Gasteiger partial charge in [0.05, 0.1) is 19.6 Å². The Labute approximate surface area is 99.5 Å². The van der Waals surface area contributed by atoms with E-state index in [0.717, 1.165) is 5.56 Å². The molecule has 0 aliphatic rings. The number of ether oxygens (including phenoxy) is 1. The van der Waals surface area contributed by atoms with Gasteiger partial charge in [-0.15, -0.1) is 0 Å². The monoisotopic (exact) mass is 243 g/mol. The van der Waals surface area contributed by atoms with E-state index in [1.807, 2.05) is 12.1 Å². The van der Waals surface area contributed by atoms with Crippen LogP contribution in [0.2, 0.25) is 5.02 Å². The Morgan fingerprint density at radius 2 is 2.12 bits per heavy atom. The van der Waals surface area contributed by atoms with Crippen molar-refractivity contribution in [3.63, 3.8) is 0 Å². The Kier molecular flexibility index (Phi) is 5.85. The van der Waals surface area contributed by atoms with Crippen LogP contribution in [0.25, 0.3) is 0 Å².